The molecule has 0 aromatic heterocycles. The van der Waals surface area contributed by atoms with Crippen molar-refractivity contribution >= 4 is 24.2 Å². The first-order valence-corrected chi connectivity index (χ1v) is 14.7. The molecule has 258 valence electrons. The summed E-state index contributed by atoms with van der Waals surface area (Å²) in [5.74, 6) is -1.31. The largest absolute Gasteiger partial charge is 0.508 e. The Balaban J connectivity index is 4.17. The number of esters is 2. The summed E-state index contributed by atoms with van der Waals surface area (Å²) in [5.41, 5.74) is -2.63. The second-order valence-corrected chi connectivity index (χ2v) is 11.2. The average Bonchev–Trinajstić information content (AvgIpc) is 2.94. The van der Waals surface area contributed by atoms with E-state index in [0.717, 1.165) is 0 Å². The highest BCUT2D eigenvalue weighted by molar-refractivity contribution is 5.79. The van der Waals surface area contributed by atoms with Crippen molar-refractivity contribution in [3.63, 3.8) is 0 Å². The lowest BCUT2D eigenvalue weighted by Gasteiger charge is -2.27. The van der Waals surface area contributed by atoms with E-state index < -0.39 is 66.0 Å². The van der Waals surface area contributed by atoms with Crippen molar-refractivity contribution < 1.29 is 72.0 Å². The van der Waals surface area contributed by atoms with Gasteiger partial charge >= 0.3 is 24.2 Å². The number of carbonyl (C=O) groups is 4. The molecule has 0 saturated carbocycles. The second kappa shape index (κ2) is 21.1. The molecule has 5 unspecified atom stereocenters. The predicted octanol–water partition coefficient (Wildman–Crippen LogP) is 2.69. The smallest absolute Gasteiger partial charge is 0.461 e. The highest BCUT2D eigenvalue weighted by Crippen LogP contribution is 2.16. The van der Waals surface area contributed by atoms with Gasteiger partial charge in [-0.15, -0.1) is 0 Å². The third-order valence-corrected chi connectivity index (χ3v) is 5.74. The van der Waals surface area contributed by atoms with E-state index in [2.05, 4.69) is 0 Å². The highest BCUT2D eigenvalue weighted by Gasteiger charge is 2.33. The first kappa shape index (κ1) is 41.3. The van der Waals surface area contributed by atoms with Crippen LogP contribution in [-0.2, 0) is 52.2 Å². The zero-order chi connectivity index (χ0) is 33.9. The zero-order valence-corrected chi connectivity index (χ0v) is 27.5. The Labute approximate surface area is 259 Å². The summed E-state index contributed by atoms with van der Waals surface area (Å²) in [6.45, 7) is 13.5. The van der Waals surface area contributed by atoms with Crippen LogP contribution in [0, 0.1) is 0 Å². The Morgan fingerprint density at radius 2 is 1.05 bits per heavy atom. The molecule has 0 aliphatic carbocycles. The maximum absolute atomic E-state index is 12.2. The van der Waals surface area contributed by atoms with Crippen LogP contribution in [0.15, 0.2) is 0 Å². The summed E-state index contributed by atoms with van der Waals surface area (Å²) in [4.78, 5) is 48.2. The SMILES string of the molecule is CCC(O)COC(=O)C(C)(C)OCCOC(=O)OC(C)COCC(C)OC(=O)OCC(C)OC(C)(C)C(=O)OCC(O)CC. The van der Waals surface area contributed by atoms with Gasteiger partial charge in [-0.25, -0.2) is 19.2 Å². The molecule has 0 rings (SSSR count). The van der Waals surface area contributed by atoms with Crippen LogP contribution in [0.1, 0.15) is 75.2 Å². The summed E-state index contributed by atoms with van der Waals surface area (Å²) in [6, 6.07) is 0. The first-order chi connectivity index (χ1) is 20.4. The summed E-state index contributed by atoms with van der Waals surface area (Å²) >= 11 is 0. The number of hydrogen-bond acceptors (Lipinski definition) is 15. The van der Waals surface area contributed by atoms with Crippen LogP contribution in [0.2, 0.25) is 0 Å². The number of ether oxygens (including phenoxy) is 9. The fourth-order valence-electron chi connectivity index (χ4n) is 3.04. The van der Waals surface area contributed by atoms with Gasteiger partial charge in [0.1, 0.15) is 38.6 Å². The molecule has 2 N–H and O–H groups in total. The van der Waals surface area contributed by atoms with Crippen molar-refractivity contribution in [2.75, 3.05) is 46.2 Å². The Morgan fingerprint density at radius 1 is 0.591 bits per heavy atom. The molecule has 15 nitrogen and oxygen atoms in total. The Kier molecular flexibility index (Phi) is 19.8. The molecule has 15 heteroatoms. The quantitative estimate of drug-likeness (QED) is 0.0996. The molecule has 0 radical (unpaired) electrons. The van der Waals surface area contributed by atoms with Gasteiger partial charge in [-0.2, -0.15) is 0 Å². The van der Waals surface area contributed by atoms with Crippen LogP contribution in [0.4, 0.5) is 9.59 Å². The van der Waals surface area contributed by atoms with Crippen LogP contribution in [0.5, 0.6) is 0 Å². The Bertz CT molecular complexity index is 860. The Hall–Kier alpha value is -2.72. The second-order valence-electron chi connectivity index (χ2n) is 11.2. The van der Waals surface area contributed by atoms with Gasteiger partial charge < -0.3 is 52.8 Å². The lowest BCUT2D eigenvalue weighted by atomic mass is 10.1. The van der Waals surface area contributed by atoms with E-state index in [0.29, 0.717) is 12.8 Å². The van der Waals surface area contributed by atoms with Gasteiger partial charge in [0.2, 0.25) is 0 Å². The van der Waals surface area contributed by atoms with E-state index in [9.17, 15) is 29.4 Å². The van der Waals surface area contributed by atoms with Gasteiger partial charge in [0.05, 0.1) is 38.1 Å². The van der Waals surface area contributed by atoms with Crippen LogP contribution < -0.4 is 0 Å². The van der Waals surface area contributed by atoms with Gasteiger partial charge in [-0.3, -0.25) is 0 Å². The molecule has 44 heavy (non-hydrogen) atoms. The van der Waals surface area contributed by atoms with Gasteiger partial charge in [-0.05, 0) is 61.3 Å². The lowest BCUT2D eigenvalue weighted by Crippen LogP contribution is -2.41. The number of carbonyl (C=O) groups excluding carboxylic acids is 4. The standard InChI is InChI=1S/C29H52O15/c1-10-22(30)17-38-24(32)28(6,7)41-13-12-37-26(34)42-19(3)14-36-15-20(4)43-27(35)40-16-21(5)44-29(8,9)25(33)39-18-23(31)11-2/h19-23,30-31H,10-18H2,1-9H3. The molecule has 0 aliphatic rings. The van der Waals surface area contributed by atoms with Crippen molar-refractivity contribution in [1.82, 2.24) is 0 Å². The first-order valence-electron chi connectivity index (χ1n) is 14.7. The van der Waals surface area contributed by atoms with E-state index in [-0.39, 0.29) is 46.2 Å². The fourth-order valence-corrected chi connectivity index (χ4v) is 3.04. The molecule has 0 spiro atoms. The molecule has 0 aromatic rings. The van der Waals surface area contributed by atoms with Gasteiger partial charge in [0.15, 0.2) is 11.2 Å². The van der Waals surface area contributed by atoms with Crippen LogP contribution in [-0.4, -0.2) is 122 Å². The van der Waals surface area contributed by atoms with Crippen molar-refractivity contribution in [1.29, 1.82) is 0 Å². The van der Waals surface area contributed by atoms with E-state index in [1.165, 1.54) is 27.7 Å². The monoisotopic (exact) mass is 640 g/mol. The summed E-state index contributed by atoms with van der Waals surface area (Å²) < 4.78 is 46.7. The Morgan fingerprint density at radius 3 is 1.52 bits per heavy atom. The minimum Gasteiger partial charge on any atom is -0.461 e. The van der Waals surface area contributed by atoms with E-state index in [4.69, 9.17) is 42.6 Å². The molecule has 5 atom stereocenters. The van der Waals surface area contributed by atoms with Gasteiger partial charge in [-0.1, -0.05) is 13.8 Å². The predicted molar refractivity (Wildman–Crippen MR) is 154 cm³/mol. The van der Waals surface area contributed by atoms with Crippen molar-refractivity contribution in [3.05, 3.63) is 0 Å². The van der Waals surface area contributed by atoms with E-state index in [1.807, 2.05) is 0 Å². The third kappa shape index (κ3) is 18.8. The third-order valence-electron chi connectivity index (χ3n) is 5.74. The maximum atomic E-state index is 12.2. The average molecular weight is 641 g/mol. The summed E-state index contributed by atoms with van der Waals surface area (Å²) in [6.07, 6.45) is -4.58. The summed E-state index contributed by atoms with van der Waals surface area (Å²) in [5, 5.41) is 19.0. The highest BCUT2D eigenvalue weighted by atomic mass is 16.7. The fraction of sp³-hybridized carbons (Fsp3) is 0.862. The number of rotatable bonds is 22. The van der Waals surface area contributed by atoms with Crippen LogP contribution >= 0.6 is 0 Å². The van der Waals surface area contributed by atoms with Crippen molar-refractivity contribution in [2.45, 2.75) is 117 Å². The lowest BCUT2D eigenvalue weighted by molar-refractivity contribution is -0.178. The topological polar surface area (TPSA) is 192 Å². The van der Waals surface area contributed by atoms with Gasteiger partial charge in [0, 0.05) is 0 Å². The van der Waals surface area contributed by atoms with E-state index >= 15 is 0 Å². The molecule has 0 saturated heterocycles. The van der Waals surface area contributed by atoms with Crippen molar-refractivity contribution in [3.8, 4) is 0 Å². The van der Waals surface area contributed by atoms with E-state index in [1.54, 1.807) is 34.6 Å². The molecular formula is C29H52O15. The number of aliphatic hydroxyl groups excluding tert-OH is 2. The normalized spacial score (nSPS) is 15.2. The molecule has 0 bridgehead atoms. The van der Waals surface area contributed by atoms with Crippen molar-refractivity contribution in [2.24, 2.45) is 0 Å². The number of aliphatic hydroxyl groups is 2. The number of hydrogen-bond donors (Lipinski definition) is 2. The molecule has 0 amide bonds. The van der Waals surface area contributed by atoms with Crippen LogP contribution in [0.25, 0.3) is 0 Å². The minimum atomic E-state index is -1.33. The zero-order valence-electron chi connectivity index (χ0n) is 27.5. The molecule has 0 heterocycles. The minimum absolute atomic E-state index is 0.0117. The molecule has 0 fully saturated rings. The molecule has 0 aliphatic heterocycles. The maximum Gasteiger partial charge on any atom is 0.508 e. The molecule has 0 aromatic carbocycles. The summed E-state index contributed by atoms with van der Waals surface area (Å²) in [7, 11) is 0. The van der Waals surface area contributed by atoms with Gasteiger partial charge in [0.25, 0.3) is 0 Å². The molecular weight excluding hydrogens is 588 g/mol. The van der Waals surface area contributed by atoms with Crippen LogP contribution in [0.3, 0.4) is 0 Å².